The molecule has 1 aliphatic rings. The predicted octanol–water partition coefficient (Wildman–Crippen LogP) is 2.88. The zero-order chi connectivity index (χ0) is 13.4. The molecular formula is C14H14BrN3O. The third-order valence-electron chi connectivity index (χ3n) is 3.71. The average molecular weight is 320 g/mol. The standard InChI is InChI=1S/C14H14BrN3O/c1-18-12(14(15)16-17-18)13(19)11-8-4-6-9-5-2-3-7-10(9)11/h2-3,5,7,11H,4,6,8H2,1H3. The first-order chi connectivity index (χ1) is 9.18. The van der Waals surface area contributed by atoms with Crippen LogP contribution in [0.2, 0.25) is 0 Å². The summed E-state index contributed by atoms with van der Waals surface area (Å²) in [6, 6.07) is 8.22. The van der Waals surface area contributed by atoms with Crippen LogP contribution in [0.5, 0.6) is 0 Å². The van der Waals surface area contributed by atoms with Gasteiger partial charge >= 0.3 is 0 Å². The summed E-state index contributed by atoms with van der Waals surface area (Å²) < 4.78 is 2.08. The van der Waals surface area contributed by atoms with Gasteiger partial charge in [-0.2, -0.15) is 0 Å². The molecule has 0 saturated heterocycles. The number of halogens is 1. The molecule has 5 heteroatoms. The highest BCUT2D eigenvalue weighted by molar-refractivity contribution is 9.10. The molecule has 0 N–H and O–H groups in total. The summed E-state index contributed by atoms with van der Waals surface area (Å²) in [4.78, 5) is 12.7. The monoisotopic (exact) mass is 319 g/mol. The molecule has 4 nitrogen and oxygen atoms in total. The lowest BCUT2D eigenvalue weighted by atomic mass is 9.80. The minimum atomic E-state index is -0.0709. The van der Waals surface area contributed by atoms with Crippen molar-refractivity contribution >= 4 is 21.7 Å². The Bertz CT molecular complexity index is 616. The SMILES string of the molecule is Cn1nnc(Br)c1C(=O)C1CCCc2ccccc21. The van der Waals surface area contributed by atoms with E-state index in [1.165, 1.54) is 5.56 Å². The molecule has 1 heterocycles. The van der Waals surface area contributed by atoms with Gasteiger partial charge in [-0.1, -0.05) is 29.5 Å². The quantitative estimate of drug-likeness (QED) is 0.800. The van der Waals surface area contributed by atoms with Crippen LogP contribution in [0.1, 0.15) is 40.4 Å². The van der Waals surface area contributed by atoms with Gasteiger partial charge in [-0.3, -0.25) is 4.79 Å². The van der Waals surface area contributed by atoms with Gasteiger partial charge in [0.05, 0.1) is 0 Å². The second kappa shape index (κ2) is 4.89. The summed E-state index contributed by atoms with van der Waals surface area (Å²) in [5, 5.41) is 7.78. The summed E-state index contributed by atoms with van der Waals surface area (Å²) in [6.45, 7) is 0. The minimum Gasteiger partial charge on any atom is -0.292 e. The Hall–Kier alpha value is -1.49. The highest BCUT2D eigenvalue weighted by Crippen LogP contribution is 2.34. The van der Waals surface area contributed by atoms with E-state index >= 15 is 0 Å². The van der Waals surface area contributed by atoms with E-state index in [4.69, 9.17) is 0 Å². The van der Waals surface area contributed by atoms with Gasteiger partial charge in [-0.15, -0.1) is 5.10 Å². The molecule has 0 fully saturated rings. The number of Topliss-reactive ketones (excluding diaryl/α,β-unsaturated/α-hetero) is 1. The Morgan fingerprint density at radius 1 is 1.42 bits per heavy atom. The number of carbonyl (C=O) groups is 1. The maximum Gasteiger partial charge on any atom is 0.191 e. The van der Waals surface area contributed by atoms with Gasteiger partial charge in [0.25, 0.3) is 0 Å². The van der Waals surface area contributed by atoms with Crippen LogP contribution in [0.3, 0.4) is 0 Å². The van der Waals surface area contributed by atoms with Gasteiger partial charge in [0.15, 0.2) is 10.4 Å². The largest absolute Gasteiger partial charge is 0.292 e. The maximum absolute atomic E-state index is 12.7. The summed E-state index contributed by atoms with van der Waals surface area (Å²) in [6.07, 6.45) is 3.01. The number of hydrogen-bond donors (Lipinski definition) is 0. The molecule has 0 amide bonds. The van der Waals surface area contributed by atoms with E-state index in [1.807, 2.05) is 12.1 Å². The third-order valence-corrected chi connectivity index (χ3v) is 4.24. The van der Waals surface area contributed by atoms with Crippen molar-refractivity contribution in [2.45, 2.75) is 25.2 Å². The first kappa shape index (κ1) is 12.5. The molecule has 1 aliphatic carbocycles. The molecule has 0 aliphatic heterocycles. The molecule has 3 rings (SSSR count). The zero-order valence-corrected chi connectivity index (χ0v) is 12.2. The van der Waals surface area contributed by atoms with Crippen LogP contribution in [0, 0.1) is 0 Å². The third kappa shape index (κ3) is 2.12. The summed E-state index contributed by atoms with van der Waals surface area (Å²) in [5.41, 5.74) is 3.01. The second-order valence-corrected chi connectivity index (χ2v) is 5.61. The van der Waals surface area contributed by atoms with Crippen LogP contribution in [0.4, 0.5) is 0 Å². The molecule has 98 valence electrons. The van der Waals surface area contributed by atoms with Crippen LogP contribution < -0.4 is 0 Å². The number of fused-ring (bicyclic) bond motifs is 1. The molecule has 2 aromatic rings. The molecule has 0 bridgehead atoms. The van der Waals surface area contributed by atoms with Crippen molar-refractivity contribution in [1.82, 2.24) is 15.0 Å². The molecule has 19 heavy (non-hydrogen) atoms. The summed E-state index contributed by atoms with van der Waals surface area (Å²) in [7, 11) is 1.75. The Balaban J connectivity index is 2.03. The number of hydrogen-bond acceptors (Lipinski definition) is 3. The number of ketones is 1. The van der Waals surface area contributed by atoms with E-state index in [-0.39, 0.29) is 11.7 Å². The van der Waals surface area contributed by atoms with E-state index < -0.39 is 0 Å². The Morgan fingerprint density at radius 2 is 2.21 bits per heavy atom. The van der Waals surface area contributed by atoms with E-state index in [0.717, 1.165) is 24.8 Å². The van der Waals surface area contributed by atoms with Gasteiger partial charge in [0.1, 0.15) is 5.69 Å². The minimum absolute atomic E-state index is 0.0709. The van der Waals surface area contributed by atoms with Crippen molar-refractivity contribution in [3.05, 3.63) is 45.7 Å². The van der Waals surface area contributed by atoms with Crippen molar-refractivity contribution in [2.75, 3.05) is 0 Å². The lowest BCUT2D eigenvalue weighted by molar-refractivity contribution is 0.0940. The van der Waals surface area contributed by atoms with Crippen LogP contribution >= 0.6 is 15.9 Å². The smallest absolute Gasteiger partial charge is 0.191 e. The highest BCUT2D eigenvalue weighted by atomic mass is 79.9. The second-order valence-electron chi connectivity index (χ2n) is 4.86. The van der Waals surface area contributed by atoms with Crippen molar-refractivity contribution < 1.29 is 4.79 Å². The molecule has 0 radical (unpaired) electrons. The number of nitrogens with zero attached hydrogens (tertiary/aromatic N) is 3. The Labute approximate surface area is 119 Å². The Kier molecular flexibility index (Phi) is 3.22. The summed E-state index contributed by atoms with van der Waals surface area (Å²) >= 11 is 3.31. The normalized spacial score (nSPS) is 18.1. The molecular weight excluding hydrogens is 306 g/mol. The van der Waals surface area contributed by atoms with Crippen LogP contribution in [-0.4, -0.2) is 20.8 Å². The van der Waals surface area contributed by atoms with Crippen molar-refractivity contribution in [3.8, 4) is 0 Å². The molecule has 0 saturated carbocycles. The number of aromatic nitrogens is 3. The predicted molar refractivity (Wildman–Crippen MR) is 75.2 cm³/mol. The van der Waals surface area contributed by atoms with E-state index in [9.17, 15) is 4.79 Å². The number of carbonyl (C=O) groups excluding carboxylic acids is 1. The van der Waals surface area contributed by atoms with Crippen molar-refractivity contribution in [3.63, 3.8) is 0 Å². The number of rotatable bonds is 2. The van der Waals surface area contributed by atoms with Crippen LogP contribution in [0.25, 0.3) is 0 Å². The van der Waals surface area contributed by atoms with E-state index in [0.29, 0.717) is 10.3 Å². The topological polar surface area (TPSA) is 47.8 Å². The van der Waals surface area contributed by atoms with E-state index in [2.05, 4.69) is 38.4 Å². The maximum atomic E-state index is 12.7. The van der Waals surface area contributed by atoms with Gasteiger partial charge in [-0.25, -0.2) is 4.68 Å². The lowest BCUT2D eigenvalue weighted by Crippen LogP contribution is -2.21. The Morgan fingerprint density at radius 3 is 2.95 bits per heavy atom. The molecule has 1 atom stereocenters. The summed E-state index contributed by atoms with van der Waals surface area (Å²) in [5.74, 6) is 0.0324. The van der Waals surface area contributed by atoms with Crippen LogP contribution in [-0.2, 0) is 13.5 Å². The van der Waals surface area contributed by atoms with E-state index in [1.54, 1.807) is 11.7 Å². The van der Waals surface area contributed by atoms with Crippen LogP contribution in [0.15, 0.2) is 28.9 Å². The number of benzene rings is 1. The zero-order valence-electron chi connectivity index (χ0n) is 10.6. The fourth-order valence-corrected chi connectivity index (χ4v) is 3.31. The molecule has 1 aromatic heterocycles. The first-order valence-corrected chi connectivity index (χ1v) is 7.15. The van der Waals surface area contributed by atoms with Crippen molar-refractivity contribution in [2.24, 2.45) is 7.05 Å². The van der Waals surface area contributed by atoms with Gasteiger partial charge in [0, 0.05) is 13.0 Å². The fraction of sp³-hybridized carbons (Fsp3) is 0.357. The highest BCUT2D eigenvalue weighted by Gasteiger charge is 2.30. The van der Waals surface area contributed by atoms with Gasteiger partial charge in [0.2, 0.25) is 0 Å². The molecule has 0 spiro atoms. The van der Waals surface area contributed by atoms with Gasteiger partial charge < -0.3 is 0 Å². The molecule has 1 unspecified atom stereocenters. The van der Waals surface area contributed by atoms with Gasteiger partial charge in [-0.05, 0) is 46.3 Å². The van der Waals surface area contributed by atoms with Crippen molar-refractivity contribution in [1.29, 1.82) is 0 Å². The lowest BCUT2D eigenvalue weighted by Gasteiger charge is -2.24. The first-order valence-electron chi connectivity index (χ1n) is 6.35. The number of aryl methyl sites for hydroxylation is 2. The molecule has 1 aromatic carbocycles. The fourth-order valence-electron chi connectivity index (χ4n) is 2.78. The average Bonchev–Trinajstić information content (AvgIpc) is 2.77.